The Morgan fingerprint density at radius 2 is 2.04 bits per heavy atom. The van der Waals surface area contributed by atoms with Crippen molar-refractivity contribution < 1.29 is 9.21 Å². The molecule has 1 aromatic carbocycles. The maximum atomic E-state index is 12.4. The molecular formula is C17H11ClN4O2. The van der Waals surface area contributed by atoms with Crippen LogP contribution in [0.3, 0.4) is 0 Å². The molecule has 0 aliphatic carbocycles. The van der Waals surface area contributed by atoms with Crippen molar-refractivity contribution in [2.24, 2.45) is 0 Å². The maximum Gasteiger partial charge on any atom is 0.275 e. The molecule has 7 heteroatoms. The molecular weight excluding hydrogens is 328 g/mol. The Hall–Kier alpha value is -3.12. The van der Waals surface area contributed by atoms with Gasteiger partial charge < -0.3 is 14.1 Å². The quantitative estimate of drug-likeness (QED) is 0.615. The summed E-state index contributed by atoms with van der Waals surface area (Å²) < 4.78 is 7.03. The van der Waals surface area contributed by atoms with Gasteiger partial charge in [-0.1, -0.05) is 23.7 Å². The number of carbonyl (C=O) groups is 1. The number of oxazole rings is 1. The van der Waals surface area contributed by atoms with E-state index >= 15 is 0 Å². The minimum Gasteiger partial charge on any atom is -0.444 e. The van der Waals surface area contributed by atoms with Crippen LogP contribution >= 0.6 is 11.6 Å². The zero-order chi connectivity index (χ0) is 16.5. The predicted octanol–water partition coefficient (Wildman–Crippen LogP) is 3.90. The van der Waals surface area contributed by atoms with E-state index in [9.17, 15) is 4.79 Å². The van der Waals surface area contributed by atoms with Crippen molar-refractivity contribution >= 4 is 28.8 Å². The third kappa shape index (κ3) is 2.63. The summed E-state index contributed by atoms with van der Waals surface area (Å²) in [6.07, 6.45) is 6.54. The Morgan fingerprint density at radius 3 is 2.83 bits per heavy atom. The molecule has 1 N–H and O–H groups in total. The van der Waals surface area contributed by atoms with Crippen LogP contribution in [0.1, 0.15) is 10.5 Å². The van der Waals surface area contributed by atoms with Gasteiger partial charge in [0.2, 0.25) is 5.89 Å². The number of hydrogen-bond acceptors (Lipinski definition) is 4. The third-order valence-electron chi connectivity index (χ3n) is 3.49. The van der Waals surface area contributed by atoms with E-state index in [1.165, 1.54) is 6.26 Å². The number of nitrogens with one attached hydrogen (secondary N) is 1. The molecule has 0 saturated heterocycles. The molecule has 1 amide bonds. The van der Waals surface area contributed by atoms with E-state index in [-0.39, 0.29) is 5.91 Å². The van der Waals surface area contributed by atoms with Crippen LogP contribution in [0, 0.1) is 0 Å². The Bertz CT molecular complexity index is 1020. The van der Waals surface area contributed by atoms with Gasteiger partial charge >= 0.3 is 0 Å². The highest BCUT2D eigenvalue weighted by Gasteiger charge is 2.13. The summed E-state index contributed by atoms with van der Waals surface area (Å²) in [5.74, 6) is 0.178. The summed E-state index contributed by atoms with van der Waals surface area (Å²) in [7, 11) is 0. The van der Waals surface area contributed by atoms with Crippen molar-refractivity contribution in [3.63, 3.8) is 0 Å². The normalized spacial score (nSPS) is 10.9. The summed E-state index contributed by atoms with van der Waals surface area (Å²) in [6, 6.07) is 10.7. The first-order valence-electron chi connectivity index (χ1n) is 7.15. The molecule has 0 aliphatic heterocycles. The average Bonchev–Trinajstić information content (AvgIpc) is 3.25. The Balaban J connectivity index is 1.65. The zero-order valence-corrected chi connectivity index (χ0v) is 13.1. The summed E-state index contributed by atoms with van der Waals surface area (Å²) in [6.45, 7) is 0. The van der Waals surface area contributed by atoms with Crippen LogP contribution in [-0.4, -0.2) is 20.3 Å². The number of hydrogen-bond donors (Lipinski definition) is 1. The molecule has 3 heterocycles. The summed E-state index contributed by atoms with van der Waals surface area (Å²) in [5, 5.41) is 3.22. The zero-order valence-electron chi connectivity index (χ0n) is 12.3. The number of pyridine rings is 1. The number of aromatic nitrogens is 3. The molecule has 0 radical (unpaired) electrons. The summed E-state index contributed by atoms with van der Waals surface area (Å²) in [4.78, 5) is 20.8. The molecule has 4 rings (SSSR count). The molecule has 0 spiro atoms. The highest BCUT2D eigenvalue weighted by atomic mass is 35.5. The molecule has 4 aromatic rings. The van der Waals surface area contributed by atoms with Gasteiger partial charge in [0.25, 0.3) is 5.91 Å². The smallest absolute Gasteiger partial charge is 0.275 e. The number of para-hydroxylation sites is 1. The number of benzene rings is 1. The van der Waals surface area contributed by atoms with Gasteiger partial charge in [-0.25, -0.2) is 9.97 Å². The van der Waals surface area contributed by atoms with Gasteiger partial charge in [0.05, 0.1) is 22.5 Å². The van der Waals surface area contributed by atoms with Crippen molar-refractivity contribution in [3.8, 4) is 11.5 Å². The van der Waals surface area contributed by atoms with Crippen LogP contribution in [0.25, 0.3) is 17.1 Å². The van der Waals surface area contributed by atoms with E-state index in [2.05, 4.69) is 15.3 Å². The monoisotopic (exact) mass is 338 g/mol. The van der Waals surface area contributed by atoms with E-state index in [4.69, 9.17) is 16.0 Å². The van der Waals surface area contributed by atoms with Crippen molar-refractivity contribution in [2.45, 2.75) is 0 Å². The first kappa shape index (κ1) is 14.5. The van der Waals surface area contributed by atoms with E-state index in [1.54, 1.807) is 53.3 Å². The summed E-state index contributed by atoms with van der Waals surface area (Å²) in [5.41, 5.74) is 2.28. The van der Waals surface area contributed by atoms with Crippen molar-refractivity contribution in [3.05, 3.63) is 72.0 Å². The molecule has 0 bridgehead atoms. The second kappa shape index (κ2) is 5.82. The SMILES string of the molecule is O=C(Nc1ccccc1Cl)c1cn2cc(-c3ncco3)ccc2n1. The highest BCUT2D eigenvalue weighted by molar-refractivity contribution is 6.33. The van der Waals surface area contributed by atoms with Gasteiger partial charge in [0.1, 0.15) is 17.6 Å². The number of rotatable bonds is 3. The van der Waals surface area contributed by atoms with Crippen LogP contribution in [0.15, 0.2) is 65.7 Å². The number of amides is 1. The van der Waals surface area contributed by atoms with Crippen molar-refractivity contribution in [1.82, 2.24) is 14.4 Å². The lowest BCUT2D eigenvalue weighted by Gasteiger charge is -2.04. The molecule has 118 valence electrons. The molecule has 0 saturated carbocycles. The number of nitrogens with zero attached hydrogens (tertiary/aromatic N) is 3. The van der Waals surface area contributed by atoms with Crippen molar-refractivity contribution in [1.29, 1.82) is 0 Å². The molecule has 0 fully saturated rings. The fourth-order valence-electron chi connectivity index (χ4n) is 2.34. The topological polar surface area (TPSA) is 72.4 Å². The lowest BCUT2D eigenvalue weighted by molar-refractivity contribution is 0.102. The lowest BCUT2D eigenvalue weighted by Crippen LogP contribution is -2.12. The standard InChI is InChI=1S/C17H11ClN4O2/c18-12-3-1-2-4-13(12)21-16(23)14-10-22-9-11(5-6-15(22)20-14)17-19-7-8-24-17/h1-10H,(H,21,23). The first-order valence-corrected chi connectivity index (χ1v) is 7.53. The first-order chi connectivity index (χ1) is 11.7. The van der Waals surface area contributed by atoms with Gasteiger partial charge in [0.15, 0.2) is 0 Å². The van der Waals surface area contributed by atoms with Crippen molar-refractivity contribution in [2.75, 3.05) is 5.32 Å². The molecule has 0 unspecified atom stereocenters. The van der Waals surface area contributed by atoms with E-state index in [0.29, 0.717) is 27.9 Å². The van der Waals surface area contributed by atoms with Crippen LogP contribution in [0.4, 0.5) is 5.69 Å². The summed E-state index contributed by atoms with van der Waals surface area (Å²) >= 11 is 6.05. The second-order valence-corrected chi connectivity index (χ2v) is 5.49. The van der Waals surface area contributed by atoms with Crippen LogP contribution < -0.4 is 5.32 Å². The Kier molecular flexibility index (Phi) is 3.51. The van der Waals surface area contributed by atoms with Gasteiger partial charge in [0, 0.05) is 12.4 Å². The number of carbonyl (C=O) groups excluding carboxylic acids is 1. The van der Waals surface area contributed by atoms with Gasteiger partial charge in [-0.15, -0.1) is 0 Å². The third-order valence-corrected chi connectivity index (χ3v) is 3.81. The molecule has 6 nitrogen and oxygen atoms in total. The largest absolute Gasteiger partial charge is 0.444 e. The maximum absolute atomic E-state index is 12.4. The number of halogens is 1. The van der Waals surface area contributed by atoms with Gasteiger partial charge in [-0.3, -0.25) is 4.79 Å². The van der Waals surface area contributed by atoms with E-state index in [0.717, 1.165) is 5.56 Å². The second-order valence-electron chi connectivity index (χ2n) is 5.08. The van der Waals surface area contributed by atoms with Crippen LogP contribution in [0.5, 0.6) is 0 Å². The fourth-order valence-corrected chi connectivity index (χ4v) is 2.53. The minimum absolute atomic E-state index is 0.291. The molecule has 0 aliphatic rings. The van der Waals surface area contributed by atoms with E-state index < -0.39 is 0 Å². The average molecular weight is 339 g/mol. The molecule has 24 heavy (non-hydrogen) atoms. The van der Waals surface area contributed by atoms with E-state index in [1.807, 2.05) is 6.07 Å². The predicted molar refractivity (Wildman–Crippen MR) is 90.1 cm³/mol. The number of imidazole rings is 1. The minimum atomic E-state index is -0.329. The molecule has 0 atom stereocenters. The number of fused-ring (bicyclic) bond motifs is 1. The van der Waals surface area contributed by atoms with Crippen LogP contribution in [-0.2, 0) is 0 Å². The fraction of sp³-hybridized carbons (Fsp3) is 0. The Morgan fingerprint density at radius 1 is 1.17 bits per heavy atom. The van der Waals surface area contributed by atoms with Gasteiger partial charge in [-0.2, -0.15) is 0 Å². The number of anilines is 1. The van der Waals surface area contributed by atoms with Gasteiger partial charge in [-0.05, 0) is 24.3 Å². The Labute approximate surface area is 141 Å². The van der Waals surface area contributed by atoms with Crippen LogP contribution in [0.2, 0.25) is 5.02 Å². The molecule has 3 aromatic heterocycles. The highest BCUT2D eigenvalue weighted by Crippen LogP contribution is 2.22. The lowest BCUT2D eigenvalue weighted by atomic mass is 10.3.